The fourth-order valence-electron chi connectivity index (χ4n) is 1.88. The van der Waals surface area contributed by atoms with Crippen molar-refractivity contribution in [2.45, 2.75) is 76.1 Å². The standard InChI is InChI=1S/C14H21F8NO/c1-2-3-4-5-6-7-8-9-23-11(24)13(19,20)14(21,22)12(17,18)10(15)16/h10H,2-9H2,1H3,(H,23,24). The summed E-state index contributed by atoms with van der Waals surface area (Å²) < 4.78 is 101. The Morgan fingerprint density at radius 1 is 0.875 bits per heavy atom. The molecule has 1 N–H and O–H groups in total. The van der Waals surface area contributed by atoms with Gasteiger partial charge in [0.1, 0.15) is 0 Å². The Hall–Kier alpha value is -1.09. The zero-order valence-electron chi connectivity index (χ0n) is 13.2. The maximum absolute atomic E-state index is 13.2. The second-order valence-electron chi connectivity index (χ2n) is 5.45. The molecule has 0 aliphatic heterocycles. The van der Waals surface area contributed by atoms with E-state index in [-0.39, 0.29) is 6.42 Å². The van der Waals surface area contributed by atoms with E-state index in [1.165, 1.54) is 5.32 Å². The summed E-state index contributed by atoms with van der Waals surface area (Å²) in [5.74, 6) is -21.5. The van der Waals surface area contributed by atoms with Crippen LogP contribution < -0.4 is 5.32 Å². The minimum atomic E-state index is -6.50. The lowest BCUT2D eigenvalue weighted by Crippen LogP contribution is -2.63. The molecular formula is C14H21F8NO. The maximum Gasteiger partial charge on any atom is 0.392 e. The zero-order chi connectivity index (χ0) is 19.0. The van der Waals surface area contributed by atoms with Gasteiger partial charge in [0.05, 0.1) is 0 Å². The molecule has 2 nitrogen and oxygen atoms in total. The Labute approximate surface area is 135 Å². The smallest absolute Gasteiger partial charge is 0.351 e. The Bertz CT molecular complexity index is 387. The van der Waals surface area contributed by atoms with Gasteiger partial charge in [-0.25, -0.2) is 8.78 Å². The molecule has 0 rings (SSSR count). The summed E-state index contributed by atoms with van der Waals surface area (Å²) >= 11 is 0. The SMILES string of the molecule is CCCCCCCCCNC(=O)C(F)(F)C(F)(F)C(F)(F)C(F)F. The summed E-state index contributed by atoms with van der Waals surface area (Å²) in [7, 11) is 0. The summed E-state index contributed by atoms with van der Waals surface area (Å²) in [5.41, 5.74) is 0. The largest absolute Gasteiger partial charge is 0.392 e. The number of unbranched alkanes of at least 4 members (excludes halogenated alkanes) is 6. The highest BCUT2D eigenvalue weighted by Crippen LogP contribution is 2.48. The molecule has 0 aromatic heterocycles. The van der Waals surface area contributed by atoms with Gasteiger partial charge in [-0.2, -0.15) is 26.3 Å². The van der Waals surface area contributed by atoms with Gasteiger partial charge in [-0.15, -0.1) is 0 Å². The van der Waals surface area contributed by atoms with Crippen LogP contribution in [0, 0.1) is 0 Å². The molecule has 0 aliphatic carbocycles. The molecule has 0 saturated heterocycles. The molecule has 0 radical (unpaired) electrons. The summed E-state index contributed by atoms with van der Waals surface area (Å²) in [4.78, 5) is 11.0. The van der Waals surface area contributed by atoms with Crippen LogP contribution in [0.5, 0.6) is 0 Å². The van der Waals surface area contributed by atoms with Gasteiger partial charge in [-0.05, 0) is 6.42 Å². The van der Waals surface area contributed by atoms with Crippen LogP contribution in [-0.4, -0.2) is 36.6 Å². The van der Waals surface area contributed by atoms with Crippen LogP contribution in [0.4, 0.5) is 35.1 Å². The van der Waals surface area contributed by atoms with E-state index in [9.17, 15) is 39.9 Å². The summed E-state index contributed by atoms with van der Waals surface area (Å²) in [6.07, 6.45) is 0.357. The van der Waals surface area contributed by atoms with Crippen molar-refractivity contribution in [3.05, 3.63) is 0 Å². The quantitative estimate of drug-likeness (QED) is 0.379. The second kappa shape index (κ2) is 9.41. The van der Waals surface area contributed by atoms with Crippen molar-refractivity contribution in [1.29, 1.82) is 0 Å². The highest BCUT2D eigenvalue weighted by Gasteiger charge is 2.78. The lowest BCUT2D eigenvalue weighted by Gasteiger charge is -2.31. The lowest BCUT2D eigenvalue weighted by molar-refractivity contribution is -0.327. The number of carbonyl (C=O) groups is 1. The van der Waals surface area contributed by atoms with E-state index < -0.39 is 36.6 Å². The first-order valence-corrected chi connectivity index (χ1v) is 7.62. The van der Waals surface area contributed by atoms with Crippen LogP contribution in [0.3, 0.4) is 0 Å². The number of amides is 1. The van der Waals surface area contributed by atoms with Crippen LogP contribution in [0.15, 0.2) is 0 Å². The number of carbonyl (C=O) groups excluding carboxylic acids is 1. The predicted molar refractivity (Wildman–Crippen MR) is 71.8 cm³/mol. The molecule has 0 bridgehead atoms. The Balaban J connectivity index is 4.43. The van der Waals surface area contributed by atoms with Crippen LogP contribution >= 0.6 is 0 Å². The van der Waals surface area contributed by atoms with Gasteiger partial charge in [0.2, 0.25) is 0 Å². The van der Waals surface area contributed by atoms with Gasteiger partial charge in [-0.3, -0.25) is 4.79 Å². The van der Waals surface area contributed by atoms with Crippen molar-refractivity contribution in [3.63, 3.8) is 0 Å². The number of hydrogen-bond donors (Lipinski definition) is 1. The minimum absolute atomic E-state index is 0.185. The van der Waals surface area contributed by atoms with Crippen LogP contribution in [0.1, 0.15) is 51.9 Å². The average Bonchev–Trinajstić information content (AvgIpc) is 2.48. The Kier molecular flexibility index (Phi) is 8.98. The van der Waals surface area contributed by atoms with Crippen molar-refractivity contribution in [3.8, 4) is 0 Å². The first-order chi connectivity index (χ1) is 10.9. The van der Waals surface area contributed by atoms with E-state index in [0.717, 1.165) is 32.1 Å². The van der Waals surface area contributed by atoms with E-state index in [0.29, 0.717) is 6.42 Å². The van der Waals surface area contributed by atoms with E-state index in [4.69, 9.17) is 0 Å². The van der Waals surface area contributed by atoms with E-state index in [1.54, 1.807) is 0 Å². The number of hydrogen-bond acceptors (Lipinski definition) is 1. The number of rotatable bonds is 12. The minimum Gasteiger partial charge on any atom is -0.351 e. The number of alkyl halides is 8. The van der Waals surface area contributed by atoms with E-state index >= 15 is 0 Å². The predicted octanol–water partition coefficient (Wildman–Crippen LogP) is 5.02. The van der Waals surface area contributed by atoms with Crippen molar-refractivity contribution >= 4 is 5.91 Å². The number of halogens is 8. The maximum atomic E-state index is 13.2. The number of nitrogens with one attached hydrogen (secondary N) is 1. The third-order valence-corrected chi connectivity index (χ3v) is 3.44. The van der Waals surface area contributed by atoms with Gasteiger partial charge in [0.25, 0.3) is 5.91 Å². The summed E-state index contributed by atoms with van der Waals surface area (Å²) in [6.45, 7) is 1.58. The molecular weight excluding hydrogens is 350 g/mol. The first kappa shape index (κ1) is 22.9. The van der Waals surface area contributed by atoms with Crippen molar-refractivity contribution in [1.82, 2.24) is 5.32 Å². The molecule has 0 aromatic rings. The average molecular weight is 371 g/mol. The van der Waals surface area contributed by atoms with Crippen LogP contribution in [0.25, 0.3) is 0 Å². The Morgan fingerprint density at radius 2 is 1.33 bits per heavy atom. The van der Waals surface area contributed by atoms with Crippen molar-refractivity contribution < 1.29 is 39.9 Å². The van der Waals surface area contributed by atoms with Crippen molar-refractivity contribution in [2.75, 3.05) is 6.54 Å². The van der Waals surface area contributed by atoms with E-state index in [1.807, 2.05) is 6.92 Å². The lowest BCUT2D eigenvalue weighted by atomic mass is 10.0. The van der Waals surface area contributed by atoms with Gasteiger partial charge in [-0.1, -0.05) is 45.4 Å². The van der Waals surface area contributed by atoms with Gasteiger partial charge in [0.15, 0.2) is 0 Å². The molecule has 0 aromatic carbocycles. The first-order valence-electron chi connectivity index (χ1n) is 7.62. The van der Waals surface area contributed by atoms with Crippen LogP contribution in [-0.2, 0) is 4.79 Å². The second-order valence-corrected chi connectivity index (χ2v) is 5.45. The van der Waals surface area contributed by atoms with Crippen LogP contribution in [0.2, 0.25) is 0 Å². The fraction of sp³-hybridized carbons (Fsp3) is 0.929. The molecule has 144 valence electrons. The molecule has 0 spiro atoms. The third-order valence-electron chi connectivity index (χ3n) is 3.44. The highest BCUT2D eigenvalue weighted by atomic mass is 19.4. The molecule has 0 saturated carbocycles. The molecule has 0 unspecified atom stereocenters. The molecule has 0 atom stereocenters. The van der Waals surface area contributed by atoms with Gasteiger partial charge >= 0.3 is 24.2 Å². The zero-order valence-corrected chi connectivity index (χ0v) is 13.2. The third kappa shape index (κ3) is 5.47. The topological polar surface area (TPSA) is 29.1 Å². The monoisotopic (exact) mass is 371 g/mol. The van der Waals surface area contributed by atoms with Gasteiger partial charge < -0.3 is 5.32 Å². The summed E-state index contributed by atoms with van der Waals surface area (Å²) in [5, 5.41) is 1.39. The van der Waals surface area contributed by atoms with E-state index in [2.05, 4.69) is 0 Å². The molecule has 0 aliphatic rings. The molecule has 24 heavy (non-hydrogen) atoms. The molecule has 10 heteroatoms. The highest BCUT2D eigenvalue weighted by molar-refractivity contribution is 5.84. The van der Waals surface area contributed by atoms with Crippen molar-refractivity contribution in [2.24, 2.45) is 0 Å². The fourth-order valence-corrected chi connectivity index (χ4v) is 1.88. The normalized spacial score (nSPS) is 13.4. The molecule has 0 heterocycles. The molecule has 0 fully saturated rings. The molecule has 1 amide bonds. The van der Waals surface area contributed by atoms with Gasteiger partial charge in [0, 0.05) is 6.54 Å². The Morgan fingerprint density at radius 3 is 1.79 bits per heavy atom. The summed E-state index contributed by atoms with van der Waals surface area (Å²) in [6, 6.07) is 0.